The number of fused-ring (bicyclic) bond motifs is 3. The molecule has 0 atom stereocenters. The predicted molar refractivity (Wildman–Crippen MR) is 132 cm³/mol. The third-order valence-corrected chi connectivity index (χ3v) is 6.74. The second-order valence-electron chi connectivity index (χ2n) is 8.78. The van der Waals surface area contributed by atoms with Crippen LogP contribution in [-0.2, 0) is 6.54 Å². The molecule has 2 aromatic heterocycles. The topological polar surface area (TPSA) is 25.5 Å². The predicted octanol–water partition coefficient (Wildman–Crippen LogP) is 6.11. The second kappa shape index (κ2) is 8.29. The molecular formula is C28H28N4. The van der Waals surface area contributed by atoms with Crippen molar-refractivity contribution in [2.45, 2.75) is 25.8 Å². The first-order chi connectivity index (χ1) is 15.9. The Kier molecular flexibility index (Phi) is 5.00. The highest BCUT2D eigenvalue weighted by atomic mass is 15.2. The lowest BCUT2D eigenvalue weighted by Crippen LogP contribution is -2.32. The van der Waals surface area contributed by atoms with Crippen molar-refractivity contribution >= 4 is 16.8 Å². The molecule has 4 heteroatoms. The van der Waals surface area contributed by atoms with Gasteiger partial charge in [-0.1, -0.05) is 73.2 Å². The lowest BCUT2D eigenvalue weighted by Gasteiger charge is -2.26. The van der Waals surface area contributed by atoms with Crippen molar-refractivity contribution in [2.75, 3.05) is 19.6 Å². The summed E-state index contributed by atoms with van der Waals surface area (Å²) in [4.78, 5) is 7.69. The highest BCUT2D eigenvalue weighted by molar-refractivity contribution is 5.82. The van der Waals surface area contributed by atoms with Gasteiger partial charge in [0.25, 0.3) is 0 Å². The number of benzene rings is 3. The molecule has 4 nitrogen and oxygen atoms in total. The normalized spacial score (nSPS) is 15.0. The van der Waals surface area contributed by atoms with E-state index in [1.807, 2.05) is 0 Å². The van der Waals surface area contributed by atoms with Gasteiger partial charge < -0.3 is 9.47 Å². The summed E-state index contributed by atoms with van der Waals surface area (Å²) in [6.45, 7) is 4.51. The molecule has 160 valence electrons. The Morgan fingerprint density at radius 1 is 0.625 bits per heavy atom. The summed E-state index contributed by atoms with van der Waals surface area (Å²) in [7, 11) is 0. The fourth-order valence-electron chi connectivity index (χ4n) is 4.99. The van der Waals surface area contributed by atoms with Crippen LogP contribution in [0.25, 0.3) is 39.2 Å². The molecule has 0 amide bonds. The molecule has 3 heterocycles. The molecule has 1 fully saturated rings. The van der Waals surface area contributed by atoms with E-state index in [1.54, 1.807) is 0 Å². The summed E-state index contributed by atoms with van der Waals surface area (Å²) >= 11 is 0. The molecule has 0 N–H and O–H groups in total. The summed E-state index contributed by atoms with van der Waals surface area (Å²) in [5, 5.41) is 0. The Morgan fingerprint density at radius 2 is 1.28 bits per heavy atom. The van der Waals surface area contributed by atoms with Gasteiger partial charge in [-0.25, -0.2) is 4.98 Å². The smallest absolute Gasteiger partial charge is 0.215 e. The van der Waals surface area contributed by atoms with Gasteiger partial charge in [-0.05, 0) is 49.2 Å². The van der Waals surface area contributed by atoms with E-state index in [9.17, 15) is 0 Å². The number of hydrogen-bond donors (Lipinski definition) is 0. The SMILES string of the molecule is c1ccc(-c2ccc(-c3cn4c5ccccc5n(CCN5CCCCC5)c4n3)cc2)cc1. The first-order valence-corrected chi connectivity index (χ1v) is 11.7. The standard InChI is InChI=1S/C28H28N4/c1-3-9-22(10-4-1)23-13-15-24(16-14-23)25-21-32-27-12-6-5-11-26(27)31(28(32)29-25)20-19-30-17-7-2-8-18-30/h1,3-6,9-16,21H,2,7-8,17-20H2. The fourth-order valence-corrected chi connectivity index (χ4v) is 4.99. The summed E-state index contributed by atoms with van der Waals surface area (Å²) in [6, 6.07) is 27.9. The van der Waals surface area contributed by atoms with E-state index in [0.29, 0.717) is 0 Å². The minimum atomic E-state index is 0.973. The monoisotopic (exact) mass is 420 g/mol. The molecule has 0 radical (unpaired) electrons. The van der Waals surface area contributed by atoms with Gasteiger partial charge in [0.2, 0.25) is 5.78 Å². The molecule has 0 aliphatic carbocycles. The summed E-state index contributed by atoms with van der Waals surface area (Å²) in [5.41, 5.74) is 7.13. The van der Waals surface area contributed by atoms with E-state index < -0.39 is 0 Å². The Bertz CT molecular complexity index is 1340. The van der Waals surface area contributed by atoms with Gasteiger partial charge in [0.05, 0.1) is 16.7 Å². The number of aromatic nitrogens is 3. The van der Waals surface area contributed by atoms with Crippen LogP contribution in [0.2, 0.25) is 0 Å². The first kappa shape index (κ1) is 19.3. The fraction of sp³-hybridized carbons (Fsp3) is 0.250. The van der Waals surface area contributed by atoms with E-state index in [2.05, 4.69) is 98.9 Å². The molecule has 5 aromatic rings. The Hall–Kier alpha value is -3.37. The third-order valence-electron chi connectivity index (χ3n) is 6.74. The number of rotatable bonds is 5. The highest BCUT2D eigenvalue weighted by Gasteiger charge is 2.16. The average Bonchev–Trinajstić information content (AvgIpc) is 3.42. The van der Waals surface area contributed by atoms with Crippen LogP contribution in [-0.4, -0.2) is 38.5 Å². The van der Waals surface area contributed by atoms with Crippen LogP contribution in [0, 0.1) is 0 Å². The van der Waals surface area contributed by atoms with Crippen molar-refractivity contribution in [2.24, 2.45) is 0 Å². The van der Waals surface area contributed by atoms with Gasteiger partial charge in [-0.3, -0.25) is 4.40 Å². The molecular weight excluding hydrogens is 392 g/mol. The second-order valence-corrected chi connectivity index (χ2v) is 8.78. The maximum absolute atomic E-state index is 5.09. The van der Waals surface area contributed by atoms with Crippen LogP contribution in [0.15, 0.2) is 85.1 Å². The largest absolute Gasteiger partial charge is 0.308 e. The van der Waals surface area contributed by atoms with Crippen LogP contribution in [0.1, 0.15) is 19.3 Å². The van der Waals surface area contributed by atoms with Crippen LogP contribution < -0.4 is 0 Å². The van der Waals surface area contributed by atoms with Gasteiger partial charge in [0.1, 0.15) is 0 Å². The zero-order valence-corrected chi connectivity index (χ0v) is 18.3. The molecule has 0 bridgehead atoms. The first-order valence-electron chi connectivity index (χ1n) is 11.7. The van der Waals surface area contributed by atoms with E-state index >= 15 is 0 Å². The van der Waals surface area contributed by atoms with Crippen molar-refractivity contribution in [1.29, 1.82) is 0 Å². The van der Waals surface area contributed by atoms with Crippen LogP contribution in [0.3, 0.4) is 0 Å². The summed E-state index contributed by atoms with van der Waals surface area (Å²) in [6.07, 6.45) is 6.22. The quantitative estimate of drug-likeness (QED) is 0.343. The van der Waals surface area contributed by atoms with Crippen molar-refractivity contribution in [3.05, 3.63) is 85.1 Å². The molecule has 0 saturated carbocycles. The van der Waals surface area contributed by atoms with Crippen molar-refractivity contribution < 1.29 is 0 Å². The van der Waals surface area contributed by atoms with Crippen LogP contribution in [0.5, 0.6) is 0 Å². The minimum absolute atomic E-state index is 0.973. The molecule has 3 aromatic carbocycles. The number of nitrogens with zero attached hydrogens (tertiary/aromatic N) is 4. The Balaban J connectivity index is 1.35. The van der Waals surface area contributed by atoms with Gasteiger partial charge in [0.15, 0.2) is 0 Å². The van der Waals surface area contributed by atoms with Crippen molar-refractivity contribution in [1.82, 2.24) is 18.9 Å². The average molecular weight is 421 g/mol. The van der Waals surface area contributed by atoms with E-state index in [1.165, 1.54) is 54.5 Å². The van der Waals surface area contributed by atoms with Gasteiger partial charge in [0, 0.05) is 24.8 Å². The number of hydrogen-bond acceptors (Lipinski definition) is 2. The van der Waals surface area contributed by atoms with Gasteiger partial charge in [-0.2, -0.15) is 0 Å². The molecule has 1 aliphatic heterocycles. The molecule has 0 spiro atoms. The molecule has 1 aliphatic rings. The van der Waals surface area contributed by atoms with E-state index in [4.69, 9.17) is 4.98 Å². The molecule has 6 rings (SSSR count). The summed E-state index contributed by atoms with van der Waals surface area (Å²) in [5.74, 6) is 1.03. The van der Waals surface area contributed by atoms with Gasteiger partial charge in [-0.15, -0.1) is 0 Å². The number of likely N-dealkylation sites (tertiary alicyclic amines) is 1. The van der Waals surface area contributed by atoms with E-state index in [-0.39, 0.29) is 0 Å². The highest BCUT2D eigenvalue weighted by Crippen LogP contribution is 2.28. The van der Waals surface area contributed by atoms with Crippen molar-refractivity contribution in [3.63, 3.8) is 0 Å². The third kappa shape index (κ3) is 3.51. The Morgan fingerprint density at radius 3 is 2.06 bits per heavy atom. The zero-order valence-electron chi connectivity index (χ0n) is 18.3. The van der Waals surface area contributed by atoms with Crippen LogP contribution >= 0.6 is 0 Å². The summed E-state index contributed by atoms with van der Waals surface area (Å²) < 4.78 is 4.65. The number of para-hydroxylation sites is 2. The lowest BCUT2D eigenvalue weighted by atomic mass is 10.0. The maximum atomic E-state index is 5.09. The van der Waals surface area contributed by atoms with Crippen molar-refractivity contribution in [3.8, 4) is 22.4 Å². The minimum Gasteiger partial charge on any atom is -0.308 e. The molecule has 0 unspecified atom stereocenters. The van der Waals surface area contributed by atoms with E-state index in [0.717, 1.165) is 30.1 Å². The molecule has 32 heavy (non-hydrogen) atoms. The number of piperidine rings is 1. The molecule has 1 saturated heterocycles. The Labute approximate surface area is 188 Å². The number of imidazole rings is 2. The van der Waals surface area contributed by atoms with Crippen LogP contribution in [0.4, 0.5) is 0 Å². The zero-order chi connectivity index (χ0) is 21.3. The van der Waals surface area contributed by atoms with Gasteiger partial charge >= 0.3 is 0 Å². The lowest BCUT2D eigenvalue weighted by molar-refractivity contribution is 0.222. The maximum Gasteiger partial charge on any atom is 0.215 e.